The summed E-state index contributed by atoms with van der Waals surface area (Å²) in [7, 11) is 0. The van der Waals surface area contributed by atoms with Crippen molar-refractivity contribution in [2.24, 2.45) is 0 Å². The second kappa shape index (κ2) is 30.0. The van der Waals surface area contributed by atoms with Gasteiger partial charge in [0.05, 0.1) is 52.9 Å². The van der Waals surface area contributed by atoms with Crippen molar-refractivity contribution in [3.05, 3.63) is 133 Å². The molecule has 2 atom stereocenters. The number of carbonyl (C=O) groups excluding carboxylic acids is 2. The Bertz CT molecular complexity index is 1770. The fourth-order valence-electron chi connectivity index (χ4n) is 7.19. The van der Waals surface area contributed by atoms with Gasteiger partial charge in [-0.1, -0.05) is 150 Å². The van der Waals surface area contributed by atoms with Crippen LogP contribution in [-0.4, -0.2) is 64.2 Å². The molecule has 10 nitrogen and oxygen atoms in total. The summed E-state index contributed by atoms with van der Waals surface area (Å²) in [5, 5.41) is 0. The van der Waals surface area contributed by atoms with Crippen LogP contribution >= 0.6 is 0 Å². The first-order valence-corrected chi connectivity index (χ1v) is 23.2. The molecule has 10 heteroatoms. The average Bonchev–Trinajstić information content (AvgIpc) is 3.34. The third-order valence-corrected chi connectivity index (χ3v) is 10.9. The standard InChI is InChI=1S/C54H68O10/c1-3-51(55)59-37-17-13-9-5-7-11-15-35-57-49-31-27-47(28-32-49)45-23-19-43(20-24-45)41-63-53-54(62-40-39-61-53)64-42-44-21-25-46(26-22-44)48-29-33-50(34-30-48)58-36-16-12-8-6-10-14-18-38-60-52(56)4-2/h3-4,19-34,53-54H,1-2,5-18,35-42H2/t53-,54-/m1/s1. The van der Waals surface area contributed by atoms with Crippen LogP contribution in [0.3, 0.4) is 0 Å². The molecule has 0 aliphatic carbocycles. The molecule has 1 saturated heterocycles. The second-order valence-corrected chi connectivity index (χ2v) is 15.9. The smallest absolute Gasteiger partial charge is 0.330 e. The summed E-state index contributed by atoms with van der Waals surface area (Å²) >= 11 is 0. The lowest BCUT2D eigenvalue weighted by molar-refractivity contribution is -0.326. The van der Waals surface area contributed by atoms with E-state index >= 15 is 0 Å². The Hall–Kier alpha value is -5.26. The van der Waals surface area contributed by atoms with Crippen LogP contribution in [0.1, 0.15) is 101 Å². The first kappa shape index (κ1) is 49.8. The zero-order valence-electron chi connectivity index (χ0n) is 37.6. The van der Waals surface area contributed by atoms with Crippen molar-refractivity contribution in [3.63, 3.8) is 0 Å². The largest absolute Gasteiger partial charge is 0.494 e. The van der Waals surface area contributed by atoms with E-state index in [-0.39, 0.29) is 11.9 Å². The van der Waals surface area contributed by atoms with Crippen molar-refractivity contribution >= 4 is 11.9 Å². The Morgan fingerprint density at radius 2 is 0.734 bits per heavy atom. The predicted octanol–water partition coefficient (Wildman–Crippen LogP) is 12.1. The van der Waals surface area contributed by atoms with Crippen LogP contribution < -0.4 is 9.47 Å². The zero-order chi connectivity index (χ0) is 44.9. The minimum atomic E-state index is -0.633. The maximum Gasteiger partial charge on any atom is 0.330 e. The van der Waals surface area contributed by atoms with Gasteiger partial charge in [0.2, 0.25) is 12.6 Å². The number of hydrogen-bond donors (Lipinski definition) is 0. The molecule has 1 aliphatic rings. The quantitative estimate of drug-likeness (QED) is 0.0267. The van der Waals surface area contributed by atoms with E-state index in [0.29, 0.717) is 52.9 Å². The Kier molecular flexibility index (Phi) is 23.3. The lowest BCUT2D eigenvalue weighted by Crippen LogP contribution is -2.41. The Morgan fingerprint density at radius 1 is 0.438 bits per heavy atom. The molecule has 5 rings (SSSR count). The highest BCUT2D eigenvalue weighted by Gasteiger charge is 2.29. The van der Waals surface area contributed by atoms with Crippen LogP contribution in [0.25, 0.3) is 22.3 Å². The molecular formula is C54H68O10. The molecule has 0 bridgehead atoms. The highest BCUT2D eigenvalue weighted by atomic mass is 16.8. The first-order valence-electron chi connectivity index (χ1n) is 23.2. The second-order valence-electron chi connectivity index (χ2n) is 15.9. The number of ether oxygens (including phenoxy) is 8. The minimum absolute atomic E-state index is 0.346. The van der Waals surface area contributed by atoms with Crippen molar-refractivity contribution in [2.45, 2.75) is 116 Å². The van der Waals surface area contributed by atoms with Crippen molar-refractivity contribution in [2.75, 3.05) is 39.6 Å². The molecular weight excluding hydrogens is 809 g/mol. The average molecular weight is 877 g/mol. The highest BCUT2D eigenvalue weighted by molar-refractivity contribution is 5.81. The van der Waals surface area contributed by atoms with Crippen molar-refractivity contribution in [1.82, 2.24) is 0 Å². The van der Waals surface area contributed by atoms with E-state index in [1.807, 2.05) is 24.3 Å². The summed E-state index contributed by atoms with van der Waals surface area (Å²) in [6.07, 6.45) is 16.5. The van der Waals surface area contributed by atoms with Gasteiger partial charge in [0, 0.05) is 12.2 Å². The van der Waals surface area contributed by atoms with E-state index in [1.54, 1.807) is 0 Å². The fraction of sp³-hybridized carbons (Fsp3) is 0.444. The highest BCUT2D eigenvalue weighted by Crippen LogP contribution is 2.26. The molecule has 0 saturated carbocycles. The van der Waals surface area contributed by atoms with Gasteiger partial charge in [0.1, 0.15) is 11.5 Å². The van der Waals surface area contributed by atoms with Gasteiger partial charge >= 0.3 is 11.9 Å². The predicted molar refractivity (Wildman–Crippen MR) is 251 cm³/mol. The van der Waals surface area contributed by atoms with E-state index in [9.17, 15) is 9.59 Å². The molecule has 0 unspecified atom stereocenters. The van der Waals surface area contributed by atoms with Crippen molar-refractivity contribution in [1.29, 1.82) is 0 Å². The topological polar surface area (TPSA) is 108 Å². The molecule has 0 radical (unpaired) electrons. The lowest BCUT2D eigenvalue weighted by atomic mass is 10.0. The monoisotopic (exact) mass is 876 g/mol. The molecule has 1 aliphatic heterocycles. The van der Waals surface area contributed by atoms with E-state index in [0.717, 1.165) is 109 Å². The summed E-state index contributed by atoms with van der Waals surface area (Å²) in [5.74, 6) is 1.07. The van der Waals surface area contributed by atoms with Gasteiger partial charge in [-0.25, -0.2) is 9.59 Å². The van der Waals surface area contributed by atoms with E-state index in [2.05, 4.69) is 86.0 Å². The Morgan fingerprint density at radius 3 is 1.06 bits per heavy atom. The number of hydrogen-bond acceptors (Lipinski definition) is 10. The maximum atomic E-state index is 11.1. The summed E-state index contributed by atoms with van der Waals surface area (Å²) < 4.78 is 46.1. The lowest BCUT2D eigenvalue weighted by Gasteiger charge is -2.31. The van der Waals surface area contributed by atoms with Gasteiger partial charge < -0.3 is 37.9 Å². The Balaban J connectivity index is 0.928. The maximum absolute atomic E-state index is 11.1. The van der Waals surface area contributed by atoms with Gasteiger partial charge in [-0.3, -0.25) is 0 Å². The Labute approximate surface area is 380 Å². The van der Waals surface area contributed by atoms with Crippen molar-refractivity contribution < 1.29 is 47.5 Å². The summed E-state index contributed by atoms with van der Waals surface area (Å²) in [5.41, 5.74) is 6.55. The van der Waals surface area contributed by atoms with Crippen LogP contribution in [-0.2, 0) is 51.2 Å². The van der Waals surface area contributed by atoms with Crippen LogP contribution in [0.2, 0.25) is 0 Å². The van der Waals surface area contributed by atoms with E-state index in [1.165, 1.54) is 37.8 Å². The first-order chi connectivity index (χ1) is 31.5. The SMILES string of the molecule is C=CC(=O)OCCCCCCCCCOc1ccc(-c2ccc(CO[C@H]3OCCO[C@@H]3OCc3ccc(-c4ccc(OCCCCCCCCCOC(=O)C=C)cc4)cc3)cc2)cc1. The van der Waals surface area contributed by atoms with Gasteiger partial charge in [0.15, 0.2) is 0 Å². The third kappa shape index (κ3) is 19.2. The summed E-state index contributed by atoms with van der Waals surface area (Å²) in [4.78, 5) is 22.1. The van der Waals surface area contributed by atoms with Gasteiger partial charge in [0.25, 0.3) is 0 Å². The third-order valence-electron chi connectivity index (χ3n) is 10.9. The van der Waals surface area contributed by atoms with Crippen LogP contribution in [0, 0.1) is 0 Å². The van der Waals surface area contributed by atoms with E-state index < -0.39 is 12.6 Å². The number of esters is 2. The fourth-order valence-corrected chi connectivity index (χ4v) is 7.19. The van der Waals surface area contributed by atoms with Crippen LogP contribution in [0.4, 0.5) is 0 Å². The van der Waals surface area contributed by atoms with Gasteiger partial charge in [-0.15, -0.1) is 0 Å². The molecule has 344 valence electrons. The molecule has 1 heterocycles. The van der Waals surface area contributed by atoms with Gasteiger partial charge in [-0.05, 0) is 83.3 Å². The molecule has 0 amide bonds. The normalized spacial score (nSPS) is 14.7. The van der Waals surface area contributed by atoms with Crippen molar-refractivity contribution in [3.8, 4) is 33.8 Å². The summed E-state index contributed by atoms with van der Waals surface area (Å²) in [6, 6.07) is 33.2. The molecule has 64 heavy (non-hydrogen) atoms. The van der Waals surface area contributed by atoms with Crippen LogP contribution in [0.15, 0.2) is 122 Å². The van der Waals surface area contributed by atoms with E-state index in [4.69, 9.17) is 37.9 Å². The molecule has 1 fully saturated rings. The summed E-state index contributed by atoms with van der Waals surface area (Å²) in [6.45, 7) is 10.8. The number of benzene rings is 4. The number of carbonyl (C=O) groups is 2. The number of unbranched alkanes of at least 4 members (excludes halogenated alkanes) is 12. The molecule has 4 aromatic carbocycles. The molecule has 0 N–H and O–H groups in total. The van der Waals surface area contributed by atoms with Gasteiger partial charge in [-0.2, -0.15) is 0 Å². The minimum Gasteiger partial charge on any atom is -0.494 e. The van der Waals surface area contributed by atoms with Crippen LogP contribution in [0.5, 0.6) is 11.5 Å². The molecule has 0 spiro atoms. The molecule has 0 aromatic heterocycles. The zero-order valence-corrected chi connectivity index (χ0v) is 37.6. The number of rotatable bonds is 32. The molecule has 4 aromatic rings.